The molecule has 6 heteroatoms. The Hall–Kier alpha value is -2.14. The summed E-state index contributed by atoms with van der Waals surface area (Å²) < 4.78 is 0. The minimum atomic E-state index is 0.108. The highest BCUT2D eigenvalue weighted by molar-refractivity contribution is 6.30. The van der Waals surface area contributed by atoms with E-state index in [4.69, 9.17) is 23.1 Å². The van der Waals surface area contributed by atoms with Gasteiger partial charge in [-0.25, -0.2) is 4.98 Å². The summed E-state index contributed by atoms with van der Waals surface area (Å²) in [6, 6.07) is 7.18. The van der Waals surface area contributed by atoms with E-state index in [9.17, 15) is 4.79 Å². The lowest BCUT2D eigenvalue weighted by Gasteiger charge is -2.11. The fourth-order valence-corrected chi connectivity index (χ4v) is 1.98. The molecule has 0 aliphatic carbocycles. The number of nitrogens with zero attached hydrogens (tertiary/aromatic N) is 2. The summed E-state index contributed by atoms with van der Waals surface area (Å²) in [6.45, 7) is 0. The smallest absolute Gasteiger partial charge is 0.222 e. The fourth-order valence-electron chi connectivity index (χ4n) is 1.85. The van der Waals surface area contributed by atoms with Crippen LogP contribution < -0.4 is 11.5 Å². The van der Waals surface area contributed by atoms with Crippen LogP contribution >= 0.6 is 11.6 Å². The van der Waals surface area contributed by atoms with Crippen LogP contribution in [0.2, 0.25) is 5.02 Å². The molecule has 0 amide bonds. The van der Waals surface area contributed by atoms with Crippen molar-refractivity contribution in [2.24, 2.45) is 0 Å². The quantitative estimate of drug-likeness (QED) is 0.834. The van der Waals surface area contributed by atoms with Gasteiger partial charge in [0.25, 0.3) is 0 Å². The van der Waals surface area contributed by atoms with Gasteiger partial charge in [0.05, 0.1) is 5.69 Å². The molecule has 0 unspecified atom stereocenters. The molecule has 19 heavy (non-hydrogen) atoms. The van der Waals surface area contributed by atoms with Crippen LogP contribution in [0.3, 0.4) is 0 Å². The number of hydrogen-bond acceptors (Lipinski definition) is 5. The third-order valence-electron chi connectivity index (χ3n) is 2.66. The number of carbonyl (C=O) groups excluding carboxylic acids is 1. The molecule has 1 heterocycles. The fraction of sp³-hybridized carbons (Fsp3) is 0.154. The Morgan fingerprint density at radius 2 is 1.84 bits per heavy atom. The molecule has 0 aliphatic rings. The van der Waals surface area contributed by atoms with Crippen molar-refractivity contribution < 1.29 is 4.79 Å². The van der Waals surface area contributed by atoms with Gasteiger partial charge in [-0.15, -0.1) is 0 Å². The number of halogens is 1. The zero-order chi connectivity index (χ0) is 13.8. The molecule has 4 N–H and O–H groups in total. The van der Waals surface area contributed by atoms with Crippen LogP contribution in [0.15, 0.2) is 24.3 Å². The van der Waals surface area contributed by atoms with E-state index < -0.39 is 0 Å². The van der Waals surface area contributed by atoms with Crippen LogP contribution in [0.4, 0.5) is 11.8 Å². The average molecular weight is 277 g/mol. The summed E-state index contributed by atoms with van der Waals surface area (Å²) >= 11 is 5.86. The number of nitrogens with two attached hydrogens (primary N) is 2. The Morgan fingerprint density at radius 3 is 2.47 bits per heavy atom. The summed E-state index contributed by atoms with van der Waals surface area (Å²) in [5.41, 5.74) is 13.7. The first-order valence-corrected chi connectivity index (χ1v) is 6.11. The van der Waals surface area contributed by atoms with E-state index >= 15 is 0 Å². The van der Waals surface area contributed by atoms with Gasteiger partial charge in [0.1, 0.15) is 12.1 Å². The lowest BCUT2D eigenvalue weighted by atomic mass is 10.0. The van der Waals surface area contributed by atoms with Crippen LogP contribution in [-0.2, 0) is 11.2 Å². The van der Waals surface area contributed by atoms with Crippen LogP contribution in [0.25, 0.3) is 11.1 Å². The monoisotopic (exact) mass is 276 g/mol. The summed E-state index contributed by atoms with van der Waals surface area (Å²) in [5.74, 6) is 0.409. The number of aromatic nitrogens is 2. The maximum Gasteiger partial charge on any atom is 0.222 e. The first-order chi connectivity index (χ1) is 9.11. The third kappa shape index (κ3) is 3.00. The first kappa shape index (κ1) is 13.3. The first-order valence-electron chi connectivity index (χ1n) is 5.73. The molecule has 2 rings (SSSR count). The normalized spacial score (nSPS) is 10.4. The largest absolute Gasteiger partial charge is 0.383 e. The van der Waals surface area contributed by atoms with E-state index in [-0.39, 0.29) is 5.95 Å². The second kappa shape index (κ2) is 5.67. The molecule has 98 valence electrons. The summed E-state index contributed by atoms with van der Waals surface area (Å²) in [7, 11) is 0. The van der Waals surface area contributed by atoms with Gasteiger partial charge in [-0.1, -0.05) is 23.7 Å². The molecule has 2 aromatic rings. The Kier molecular flexibility index (Phi) is 3.97. The van der Waals surface area contributed by atoms with Gasteiger partial charge in [-0.3, -0.25) is 0 Å². The molecule has 0 aliphatic heterocycles. The van der Waals surface area contributed by atoms with Crippen LogP contribution in [-0.4, -0.2) is 16.3 Å². The van der Waals surface area contributed by atoms with E-state index in [1.54, 1.807) is 12.1 Å². The minimum Gasteiger partial charge on any atom is -0.383 e. The number of anilines is 2. The summed E-state index contributed by atoms with van der Waals surface area (Å²) in [4.78, 5) is 18.6. The number of aryl methyl sites for hydroxylation is 1. The van der Waals surface area contributed by atoms with Gasteiger partial charge in [0, 0.05) is 17.0 Å². The molecule has 1 aromatic heterocycles. The SMILES string of the molecule is Nc1nc(N)c(-c2ccc(Cl)cc2)c(CCC=O)n1. The van der Waals surface area contributed by atoms with Crippen molar-refractivity contribution in [3.8, 4) is 11.1 Å². The molecular weight excluding hydrogens is 264 g/mol. The van der Waals surface area contributed by atoms with Crippen molar-refractivity contribution >= 4 is 29.7 Å². The molecule has 0 fully saturated rings. The number of rotatable bonds is 4. The standard InChI is InChI=1S/C13H13ClN4O/c14-9-5-3-8(4-6-9)11-10(2-1-7-19)17-13(16)18-12(11)15/h3-7H,1-2H2,(H4,15,16,17,18). The second-order valence-corrected chi connectivity index (χ2v) is 4.44. The van der Waals surface area contributed by atoms with Crippen LogP contribution in [0, 0.1) is 0 Å². The van der Waals surface area contributed by atoms with Crippen molar-refractivity contribution in [1.29, 1.82) is 0 Å². The van der Waals surface area contributed by atoms with Crippen LogP contribution in [0.1, 0.15) is 12.1 Å². The molecule has 0 spiro atoms. The lowest BCUT2D eigenvalue weighted by molar-refractivity contribution is -0.107. The van der Waals surface area contributed by atoms with Gasteiger partial charge in [0.2, 0.25) is 5.95 Å². The Balaban J connectivity index is 2.53. The Labute approximate surface area is 115 Å². The lowest BCUT2D eigenvalue weighted by Crippen LogP contribution is -2.07. The molecule has 1 aromatic carbocycles. The number of hydrogen-bond donors (Lipinski definition) is 2. The maximum atomic E-state index is 10.5. The van der Waals surface area contributed by atoms with Gasteiger partial charge < -0.3 is 16.3 Å². The van der Waals surface area contributed by atoms with Crippen molar-refractivity contribution in [2.75, 3.05) is 11.5 Å². The number of carbonyl (C=O) groups is 1. The molecule has 5 nitrogen and oxygen atoms in total. The zero-order valence-corrected chi connectivity index (χ0v) is 10.9. The van der Waals surface area contributed by atoms with Crippen molar-refractivity contribution in [3.63, 3.8) is 0 Å². The van der Waals surface area contributed by atoms with Gasteiger partial charge in [-0.05, 0) is 24.1 Å². The minimum absolute atomic E-state index is 0.108. The number of aldehydes is 1. The topological polar surface area (TPSA) is 94.9 Å². The van der Waals surface area contributed by atoms with E-state index in [1.807, 2.05) is 12.1 Å². The van der Waals surface area contributed by atoms with E-state index in [0.717, 1.165) is 11.8 Å². The summed E-state index contributed by atoms with van der Waals surface area (Å²) in [6.07, 6.45) is 1.66. The maximum absolute atomic E-state index is 10.5. The van der Waals surface area contributed by atoms with Crippen molar-refractivity contribution in [2.45, 2.75) is 12.8 Å². The summed E-state index contributed by atoms with van der Waals surface area (Å²) in [5, 5.41) is 0.633. The zero-order valence-electron chi connectivity index (χ0n) is 10.1. The van der Waals surface area contributed by atoms with Gasteiger partial charge in [0.15, 0.2) is 0 Å². The van der Waals surface area contributed by atoms with Crippen molar-refractivity contribution in [1.82, 2.24) is 9.97 Å². The highest BCUT2D eigenvalue weighted by Crippen LogP contribution is 2.29. The average Bonchev–Trinajstić information content (AvgIpc) is 2.37. The molecule has 0 bridgehead atoms. The van der Waals surface area contributed by atoms with E-state index in [1.165, 1.54) is 0 Å². The van der Waals surface area contributed by atoms with Crippen LogP contribution in [0.5, 0.6) is 0 Å². The van der Waals surface area contributed by atoms with Gasteiger partial charge in [-0.2, -0.15) is 4.98 Å². The Morgan fingerprint density at radius 1 is 1.16 bits per heavy atom. The Bertz CT molecular complexity index is 598. The molecular formula is C13H13ClN4O. The molecule has 0 atom stereocenters. The highest BCUT2D eigenvalue weighted by atomic mass is 35.5. The van der Waals surface area contributed by atoms with E-state index in [2.05, 4.69) is 9.97 Å². The predicted octanol–water partition coefficient (Wildman–Crippen LogP) is 2.09. The van der Waals surface area contributed by atoms with E-state index in [0.29, 0.717) is 34.9 Å². The van der Waals surface area contributed by atoms with Gasteiger partial charge >= 0.3 is 0 Å². The predicted molar refractivity (Wildman–Crippen MR) is 75.7 cm³/mol. The highest BCUT2D eigenvalue weighted by Gasteiger charge is 2.13. The molecule has 0 saturated carbocycles. The number of benzene rings is 1. The third-order valence-corrected chi connectivity index (χ3v) is 2.91. The molecule has 0 saturated heterocycles. The van der Waals surface area contributed by atoms with Crippen molar-refractivity contribution in [3.05, 3.63) is 35.0 Å². The second-order valence-electron chi connectivity index (χ2n) is 4.00. The molecule has 0 radical (unpaired) electrons. The number of nitrogen functional groups attached to an aromatic ring is 2.